The molecular weight excluding hydrogens is 566 g/mol. The van der Waals surface area contributed by atoms with Crippen molar-refractivity contribution in [1.82, 2.24) is 35.1 Å². The van der Waals surface area contributed by atoms with E-state index in [1.54, 1.807) is 48.6 Å². The summed E-state index contributed by atoms with van der Waals surface area (Å²) in [7, 11) is 1.35. The normalized spacial score (nSPS) is 16.8. The van der Waals surface area contributed by atoms with Crippen molar-refractivity contribution >= 4 is 29.6 Å². The molecule has 1 fully saturated rings. The van der Waals surface area contributed by atoms with E-state index < -0.39 is 5.97 Å². The topological polar surface area (TPSA) is 119 Å². The lowest BCUT2D eigenvalue weighted by Gasteiger charge is -2.40. The third-order valence-electron chi connectivity index (χ3n) is 7.59. The van der Waals surface area contributed by atoms with E-state index in [1.165, 1.54) is 18.1 Å². The van der Waals surface area contributed by atoms with E-state index in [2.05, 4.69) is 32.6 Å². The number of amides is 1. The van der Waals surface area contributed by atoms with Gasteiger partial charge in [-0.15, -0.1) is 5.10 Å². The Bertz CT molecular complexity index is 1770. The second-order valence-corrected chi connectivity index (χ2v) is 10.6. The van der Waals surface area contributed by atoms with Gasteiger partial charge in [0.05, 0.1) is 30.1 Å². The molecule has 0 spiro atoms. The van der Waals surface area contributed by atoms with Crippen LogP contribution in [0.15, 0.2) is 91.4 Å². The van der Waals surface area contributed by atoms with E-state index in [0.29, 0.717) is 39.9 Å². The van der Waals surface area contributed by atoms with Crippen molar-refractivity contribution in [3.8, 4) is 16.9 Å². The van der Waals surface area contributed by atoms with Gasteiger partial charge in [0, 0.05) is 40.9 Å². The van der Waals surface area contributed by atoms with Gasteiger partial charge in [0.2, 0.25) is 5.91 Å². The van der Waals surface area contributed by atoms with Gasteiger partial charge in [-0.1, -0.05) is 54.1 Å². The summed E-state index contributed by atoms with van der Waals surface area (Å²) < 4.78 is 6.41. The molecule has 0 saturated carbocycles. The summed E-state index contributed by atoms with van der Waals surface area (Å²) in [5.41, 5.74) is 4.41. The summed E-state index contributed by atoms with van der Waals surface area (Å²) in [6.45, 7) is 0.570. The first-order valence-electron chi connectivity index (χ1n) is 13.8. The summed E-state index contributed by atoms with van der Waals surface area (Å²) in [6, 6.07) is 22.3. The molecule has 6 rings (SSSR count). The summed E-state index contributed by atoms with van der Waals surface area (Å²) >= 11 is 6.29. The van der Waals surface area contributed by atoms with Crippen molar-refractivity contribution in [2.75, 3.05) is 13.7 Å². The molecule has 10 nitrogen and oxygen atoms in total. The van der Waals surface area contributed by atoms with Gasteiger partial charge in [-0.2, -0.15) is 4.68 Å². The number of H-pyrrole nitrogens is 1. The molecule has 0 bridgehead atoms. The summed E-state index contributed by atoms with van der Waals surface area (Å²) in [6.07, 6.45) is 8.34. The zero-order chi connectivity index (χ0) is 29.8. The minimum absolute atomic E-state index is 0.0238. The van der Waals surface area contributed by atoms with Gasteiger partial charge in [0.25, 0.3) is 0 Å². The van der Waals surface area contributed by atoms with Crippen LogP contribution in [0.1, 0.15) is 52.1 Å². The molecule has 2 unspecified atom stereocenters. The summed E-state index contributed by atoms with van der Waals surface area (Å²) in [5.74, 6) is 0.126. The molecule has 1 N–H and O–H groups in total. The number of aromatic nitrogens is 6. The highest BCUT2D eigenvalue weighted by molar-refractivity contribution is 6.30. The minimum Gasteiger partial charge on any atom is -0.465 e. The van der Waals surface area contributed by atoms with Crippen molar-refractivity contribution in [3.63, 3.8) is 0 Å². The van der Waals surface area contributed by atoms with Crippen LogP contribution < -0.4 is 0 Å². The number of hydrogen-bond acceptors (Lipinski definition) is 7. The van der Waals surface area contributed by atoms with Gasteiger partial charge in [-0.25, -0.2) is 9.78 Å². The number of esters is 1. The van der Waals surface area contributed by atoms with Gasteiger partial charge in [-0.3, -0.25) is 4.79 Å². The summed E-state index contributed by atoms with van der Waals surface area (Å²) in [4.78, 5) is 36.2. The van der Waals surface area contributed by atoms with Crippen LogP contribution in [0.2, 0.25) is 5.02 Å². The number of piperidine rings is 1. The number of hydrogen-bond donors (Lipinski definition) is 1. The quantitative estimate of drug-likeness (QED) is 0.191. The number of halogens is 1. The first-order valence-corrected chi connectivity index (χ1v) is 14.2. The highest BCUT2D eigenvalue weighted by atomic mass is 35.5. The number of imidazole rings is 1. The highest BCUT2D eigenvalue weighted by Gasteiger charge is 2.37. The predicted molar refractivity (Wildman–Crippen MR) is 161 cm³/mol. The summed E-state index contributed by atoms with van der Waals surface area (Å²) in [5, 5.41) is 12.0. The molecular formula is C32H28ClN7O3. The maximum Gasteiger partial charge on any atom is 0.337 e. The number of nitrogens with zero attached hydrogens (tertiary/aromatic N) is 6. The fraction of sp³-hybridized carbons (Fsp3) is 0.188. The molecule has 1 aliphatic heterocycles. The number of rotatable bonds is 7. The van der Waals surface area contributed by atoms with Crippen LogP contribution in [-0.2, 0) is 9.53 Å². The lowest BCUT2D eigenvalue weighted by Crippen LogP contribution is -2.41. The Labute approximate surface area is 253 Å². The van der Waals surface area contributed by atoms with Crippen molar-refractivity contribution < 1.29 is 14.3 Å². The molecule has 0 radical (unpaired) electrons. The lowest BCUT2D eigenvalue weighted by molar-refractivity contribution is -0.130. The molecule has 216 valence electrons. The third-order valence-corrected chi connectivity index (χ3v) is 7.83. The number of aromatic amines is 1. The molecule has 43 heavy (non-hydrogen) atoms. The Hall–Kier alpha value is -5.09. The molecule has 11 heteroatoms. The average molecular weight is 594 g/mol. The fourth-order valence-electron chi connectivity index (χ4n) is 5.59. The average Bonchev–Trinajstić information content (AvgIpc) is 3.77. The molecule has 5 aromatic rings. The fourth-order valence-corrected chi connectivity index (χ4v) is 5.77. The van der Waals surface area contributed by atoms with Crippen LogP contribution in [0.25, 0.3) is 23.0 Å². The number of carbonyl (C=O) groups is 2. The largest absolute Gasteiger partial charge is 0.465 e. The van der Waals surface area contributed by atoms with E-state index in [9.17, 15) is 9.59 Å². The van der Waals surface area contributed by atoms with Crippen LogP contribution in [-0.4, -0.2) is 60.6 Å². The van der Waals surface area contributed by atoms with Gasteiger partial charge in [-0.05, 0) is 65.2 Å². The van der Waals surface area contributed by atoms with Crippen molar-refractivity contribution in [2.45, 2.75) is 24.8 Å². The Morgan fingerprint density at radius 2 is 1.93 bits per heavy atom. The first kappa shape index (κ1) is 28.0. The van der Waals surface area contributed by atoms with Crippen molar-refractivity contribution in [1.29, 1.82) is 0 Å². The molecule has 3 heterocycles. The molecule has 1 amide bonds. The number of carbonyl (C=O) groups excluding carboxylic acids is 2. The predicted octanol–water partition coefficient (Wildman–Crippen LogP) is 5.65. The Morgan fingerprint density at radius 1 is 1.07 bits per heavy atom. The van der Waals surface area contributed by atoms with E-state index in [4.69, 9.17) is 21.3 Å². The molecule has 2 atom stereocenters. The zero-order valence-electron chi connectivity index (χ0n) is 23.3. The van der Waals surface area contributed by atoms with Gasteiger partial charge in [0.15, 0.2) is 0 Å². The van der Waals surface area contributed by atoms with E-state index in [1.807, 2.05) is 35.4 Å². The van der Waals surface area contributed by atoms with Crippen LogP contribution in [0, 0.1) is 0 Å². The standard InChI is InChI=1S/C32H28ClN7O3/c1-43-32(42)24-10-5-9-22(17-24)27-19-34-31(36-27)30-26(21-7-3-2-4-8-21)11-6-16-39(30)29(41)15-12-23-18-25(33)13-14-28(23)40-20-35-37-38-40/h2-5,7-10,12-15,17-20,26,30H,6,11,16H2,1H3,(H,34,36)/b15-12+. The van der Waals surface area contributed by atoms with Crippen molar-refractivity contribution in [3.05, 3.63) is 119 Å². The molecule has 0 aliphatic carbocycles. The first-order chi connectivity index (χ1) is 21.0. The third kappa shape index (κ3) is 5.96. The Balaban J connectivity index is 1.35. The number of benzene rings is 3. The second-order valence-electron chi connectivity index (χ2n) is 10.2. The monoisotopic (exact) mass is 593 g/mol. The maximum absolute atomic E-state index is 13.9. The highest BCUT2D eigenvalue weighted by Crippen LogP contribution is 2.42. The van der Waals surface area contributed by atoms with Crippen LogP contribution in [0.3, 0.4) is 0 Å². The SMILES string of the molecule is COC(=O)c1cccc(-c2c[nH]c(C3C(c4ccccc4)CCCN3C(=O)/C=C/c3cc(Cl)ccc3-n3cnnn3)n2)c1. The zero-order valence-corrected chi connectivity index (χ0v) is 24.1. The molecule has 1 aliphatic rings. The van der Waals surface area contributed by atoms with Gasteiger partial charge >= 0.3 is 5.97 Å². The van der Waals surface area contributed by atoms with Gasteiger partial charge in [0.1, 0.15) is 12.2 Å². The van der Waals surface area contributed by atoms with Crippen LogP contribution in [0.4, 0.5) is 0 Å². The lowest BCUT2D eigenvalue weighted by atomic mass is 9.83. The van der Waals surface area contributed by atoms with Crippen molar-refractivity contribution in [2.24, 2.45) is 0 Å². The minimum atomic E-state index is -0.416. The van der Waals surface area contributed by atoms with Crippen LogP contribution >= 0.6 is 11.6 Å². The van der Waals surface area contributed by atoms with E-state index in [-0.39, 0.29) is 17.9 Å². The molecule has 1 saturated heterocycles. The smallest absolute Gasteiger partial charge is 0.337 e. The molecule has 3 aromatic carbocycles. The number of nitrogens with one attached hydrogen (secondary N) is 1. The van der Waals surface area contributed by atoms with E-state index in [0.717, 1.165) is 24.0 Å². The maximum atomic E-state index is 13.9. The van der Waals surface area contributed by atoms with Crippen LogP contribution in [0.5, 0.6) is 0 Å². The van der Waals surface area contributed by atoms with Gasteiger partial charge < -0.3 is 14.6 Å². The molecule has 2 aromatic heterocycles. The Kier molecular flexibility index (Phi) is 8.10. The Morgan fingerprint density at radius 3 is 2.72 bits per heavy atom. The van der Waals surface area contributed by atoms with E-state index >= 15 is 0 Å². The number of likely N-dealkylation sites (tertiary alicyclic amines) is 1. The number of tetrazole rings is 1. The second kappa shape index (κ2) is 12.4. The number of methoxy groups -OCH3 is 1. The number of ether oxygens (including phenoxy) is 1.